The molecule has 4 nitrogen and oxygen atoms in total. The van der Waals surface area contributed by atoms with E-state index < -0.39 is 5.97 Å². The standard InChI is InChI=1S/C19H26BrNO3S.Li/c1-12-7-9-13(10-8-12)18(22)21(14-5-3-2-4-6-14)15-11-16(20)25-17(15)19(23)24;/h11-14H,2-10H2,1H3,(H,23,24);/q;+1/p-1. The molecular formula is C19H25BrLiNO3S. The Morgan fingerprint density at radius 1 is 1.12 bits per heavy atom. The van der Waals surface area contributed by atoms with Crippen LogP contribution >= 0.6 is 27.3 Å². The van der Waals surface area contributed by atoms with Crippen LogP contribution < -0.4 is 28.9 Å². The molecule has 0 aromatic carbocycles. The van der Waals surface area contributed by atoms with Gasteiger partial charge in [-0.1, -0.05) is 26.2 Å². The second-order valence-electron chi connectivity index (χ2n) is 7.51. The number of anilines is 1. The van der Waals surface area contributed by atoms with E-state index in [0.717, 1.165) is 66.5 Å². The van der Waals surface area contributed by atoms with Gasteiger partial charge in [-0.2, -0.15) is 0 Å². The van der Waals surface area contributed by atoms with Gasteiger partial charge in [0.1, 0.15) is 0 Å². The quantitative estimate of drug-likeness (QED) is 0.673. The van der Waals surface area contributed by atoms with E-state index in [9.17, 15) is 14.7 Å². The molecular weight excluding hydrogens is 409 g/mol. The average Bonchev–Trinajstić information content (AvgIpc) is 2.98. The molecule has 0 aliphatic heterocycles. The van der Waals surface area contributed by atoms with Crippen LogP contribution in [0.25, 0.3) is 0 Å². The van der Waals surface area contributed by atoms with E-state index in [0.29, 0.717) is 11.6 Å². The molecule has 0 unspecified atom stereocenters. The third kappa shape index (κ3) is 4.95. The first-order valence-corrected chi connectivity index (χ1v) is 10.9. The van der Waals surface area contributed by atoms with Crippen molar-refractivity contribution in [3.8, 4) is 0 Å². The van der Waals surface area contributed by atoms with Gasteiger partial charge in [0, 0.05) is 12.0 Å². The number of carbonyl (C=O) groups excluding carboxylic acids is 2. The van der Waals surface area contributed by atoms with Crippen molar-refractivity contribution < 1.29 is 33.6 Å². The van der Waals surface area contributed by atoms with Crippen LogP contribution in [0, 0.1) is 11.8 Å². The predicted molar refractivity (Wildman–Crippen MR) is 102 cm³/mol. The topological polar surface area (TPSA) is 60.4 Å². The van der Waals surface area contributed by atoms with Crippen LogP contribution in [0.5, 0.6) is 0 Å². The molecule has 3 rings (SSSR count). The Labute approximate surface area is 180 Å². The summed E-state index contributed by atoms with van der Waals surface area (Å²) in [7, 11) is 0. The van der Waals surface area contributed by atoms with Gasteiger partial charge in [0.05, 0.1) is 20.3 Å². The number of nitrogens with zero attached hydrogens (tertiary/aromatic N) is 1. The zero-order valence-electron chi connectivity index (χ0n) is 15.6. The maximum Gasteiger partial charge on any atom is 1.00 e. The van der Waals surface area contributed by atoms with Crippen molar-refractivity contribution in [3.63, 3.8) is 0 Å². The number of halogens is 1. The van der Waals surface area contributed by atoms with Crippen molar-refractivity contribution in [2.45, 2.75) is 70.8 Å². The summed E-state index contributed by atoms with van der Waals surface area (Å²) in [4.78, 5) is 27.0. The van der Waals surface area contributed by atoms with Crippen LogP contribution in [-0.2, 0) is 4.79 Å². The van der Waals surface area contributed by atoms with E-state index >= 15 is 0 Å². The smallest absolute Gasteiger partial charge is 0.544 e. The van der Waals surface area contributed by atoms with Gasteiger partial charge >= 0.3 is 18.9 Å². The molecule has 0 spiro atoms. The van der Waals surface area contributed by atoms with Crippen LogP contribution in [0.2, 0.25) is 0 Å². The molecule has 26 heavy (non-hydrogen) atoms. The third-order valence-corrected chi connectivity index (χ3v) is 7.28. The Kier molecular flexibility index (Phi) is 8.27. The van der Waals surface area contributed by atoms with E-state index in [2.05, 4.69) is 22.9 Å². The largest absolute Gasteiger partial charge is 1.00 e. The molecule has 2 fully saturated rings. The fourth-order valence-corrected chi connectivity index (χ4v) is 5.63. The van der Waals surface area contributed by atoms with E-state index in [1.165, 1.54) is 6.42 Å². The molecule has 1 heterocycles. The first-order valence-electron chi connectivity index (χ1n) is 9.31. The Bertz CT molecular complexity index is 637. The number of hydrogen-bond acceptors (Lipinski definition) is 4. The number of hydrogen-bond donors (Lipinski definition) is 0. The molecule has 1 aromatic heterocycles. The van der Waals surface area contributed by atoms with E-state index in [-0.39, 0.29) is 41.6 Å². The van der Waals surface area contributed by atoms with Crippen LogP contribution in [0.3, 0.4) is 0 Å². The molecule has 0 atom stereocenters. The zero-order chi connectivity index (χ0) is 18.0. The Morgan fingerprint density at radius 2 is 1.73 bits per heavy atom. The monoisotopic (exact) mass is 433 g/mol. The Hall–Kier alpha value is -0.283. The van der Waals surface area contributed by atoms with Gasteiger partial charge in [0.25, 0.3) is 0 Å². The van der Waals surface area contributed by atoms with Crippen LogP contribution in [-0.4, -0.2) is 17.9 Å². The minimum atomic E-state index is -1.20. The summed E-state index contributed by atoms with van der Waals surface area (Å²) in [6.45, 7) is 2.24. The van der Waals surface area contributed by atoms with Gasteiger partial charge in [-0.15, -0.1) is 11.3 Å². The van der Waals surface area contributed by atoms with Crippen LogP contribution in [0.15, 0.2) is 9.85 Å². The molecule has 2 aliphatic carbocycles. The third-order valence-electron chi connectivity index (χ3n) is 5.67. The molecule has 7 heteroatoms. The summed E-state index contributed by atoms with van der Waals surface area (Å²) < 4.78 is 0.729. The number of carboxylic acid groups (broad SMARTS) is 1. The average molecular weight is 434 g/mol. The molecule has 0 bridgehead atoms. The van der Waals surface area contributed by atoms with Crippen molar-refractivity contribution in [2.75, 3.05) is 4.90 Å². The Balaban J connectivity index is 0.00000243. The summed E-state index contributed by atoms with van der Waals surface area (Å²) in [5, 5.41) is 11.6. The zero-order valence-corrected chi connectivity index (χ0v) is 18.0. The van der Waals surface area contributed by atoms with Gasteiger partial charge in [-0.3, -0.25) is 4.79 Å². The van der Waals surface area contributed by atoms with Crippen molar-refractivity contribution >= 4 is 44.8 Å². The summed E-state index contributed by atoms with van der Waals surface area (Å²) in [5.41, 5.74) is 0.535. The number of thiophene rings is 1. The van der Waals surface area contributed by atoms with Crippen molar-refractivity contribution in [1.29, 1.82) is 0 Å². The van der Waals surface area contributed by atoms with Crippen molar-refractivity contribution in [3.05, 3.63) is 14.7 Å². The summed E-state index contributed by atoms with van der Waals surface area (Å²) >= 11 is 4.53. The van der Waals surface area contributed by atoms with Crippen molar-refractivity contribution in [1.82, 2.24) is 0 Å². The van der Waals surface area contributed by atoms with Gasteiger partial charge < -0.3 is 14.8 Å². The van der Waals surface area contributed by atoms with Crippen molar-refractivity contribution in [2.24, 2.45) is 11.8 Å². The maximum absolute atomic E-state index is 13.4. The number of carboxylic acids is 1. The number of carbonyl (C=O) groups is 2. The summed E-state index contributed by atoms with van der Waals surface area (Å²) in [6, 6.07) is 1.90. The predicted octanol–water partition coefficient (Wildman–Crippen LogP) is 1.37. The fraction of sp³-hybridized carbons (Fsp3) is 0.684. The minimum Gasteiger partial charge on any atom is -0.544 e. The molecule has 0 saturated heterocycles. The normalized spacial score (nSPS) is 23.9. The molecule has 2 saturated carbocycles. The fourth-order valence-electron chi connectivity index (χ4n) is 4.22. The second kappa shape index (κ2) is 9.77. The number of rotatable bonds is 4. The number of aromatic carboxylic acids is 1. The summed E-state index contributed by atoms with van der Waals surface area (Å²) in [6.07, 6.45) is 9.28. The van der Waals surface area contributed by atoms with Crippen LogP contribution in [0.1, 0.15) is 74.4 Å². The SMILES string of the molecule is CC1CCC(C(=O)N(c2cc(Br)sc2C(=O)[O-])C2CCCCC2)CC1.[Li+]. The van der Waals surface area contributed by atoms with E-state index in [1.807, 2.05) is 4.90 Å². The molecule has 138 valence electrons. The number of amides is 1. The molecule has 0 N–H and O–H groups in total. The van der Waals surface area contributed by atoms with Gasteiger partial charge in [-0.25, -0.2) is 0 Å². The Morgan fingerprint density at radius 3 is 2.31 bits per heavy atom. The van der Waals surface area contributed by atoms with E-state index in [4.69, 9.17) is 0 Å². The second-order valence-corrected chi connectivity index (χ2v) is 9.94. The first kappa shape index (κ1) is 22.0. The molecule has 1 amide bonds. The van der Waals surface area contributed by atoms with Gasteiger partial charge in [-0.05, 0) is 66.4 Å². The molecule has 2 aliphatic rings. The molecule has 0 radical (unpaired) electrons. The van der Waals surface area contributed by atoms with Gasteiger partial charge in [0.15, 0.2) is 0 Å². The minimum absolute atomic E-state index is 0. The van der Waals surface area contributed by atoms with Crippen LogP contribution in [0.4, 0.5) is 5.69 Å². The maximum atomic E-state index is 13.4. The first-order chi connectivity index (χ1) is 12.0. The summed E-state index contributed by atoms with van der Waals surface area (Å²) in [5.74, 6) is -0.379. The molecule has 1 aromatic rings. The van der Waals surface area contributed by atoms with Gasteiger partial charge in [0.2, 0.25) is 5.91 Å². The van der Waals surface area contributed by atoms with E-state index in [1.54, 1.807) is 6.07 Å².